The highest BCUT2D eigenvalue weighted by molar-refractivity contribution is 5.88. The van der Waals surface area contributed by atoms with Gasteiger partial charge >= 0.3 is 0 Å². The minimum atomic E-state index is 0.271. The van der Waals surface area contributed by atoms with E-state index in [9.17, 15) is 5.26 Å². The van der Waals surface area contributed by atoms with Crippen LogP contribution in [-0.2, 0) is 0 Å². The first-order valence-electron chi connectivity index (χ1n) is 8.63. The summed E-state index contributed by atoms with van der Waals surface area (Å²) in [6.07, 6.45) is 1.61. The molecular weight excluding hydrogens is 354 g/mol. The van der Waals surface area contributed by atoms with Crippen molar-refractivity contribution < 1.29 is 13.9 Å². The minimum absolute atomic E-state index is 0.271. The predicted octanol–water partition coefficient (Wildman–Crippen LogP) is 4.72. The second-order valence-electron chi connectivity index (χ2n) is 6.26. The maximum Gasteiger partial charge on any atom is 0.239 e. The quantitative estimate of drug-likeness (QED) is 0.460. The monoisotopic (exact) mass is 375 g/mol. The lowest BCUT2D eigenvalue weighted by atomic mass is 9.98. The van der Waals surface area contributed by atoms with Crippen LogP contribution in [0.4, 0.5) is 5.88 Å². The fourth-order valence-corrected chi connectivity index (χ4v) is 2.76. The highest BCUT2D eigenvalue weighted by atomic mass is 16.5. The van der Waals surface area contributed by atoms with Crippen molar-refractivity contribution in [3.63, 3.8) is 0 Å². The number of hydrogen-bond acceptors (Lipinski definition) is 5. The lowest BCUT2D eigenvalue weighted by Crippen LogP contribution is -2.06. The minimum Gasteiger partial charge on any atom is -0.497 e. The van der Waals surface area contributed by atoms with Gasteiger partial charge in [-0.2, -0.15) is 5.26 Å². The van der Waals surface area contributed by atoms with E-state index in [0.717, 1.165) is 22.6 Å². The maximum atomic E-state index is 9.83. The highest BCUT2D eigenvalue weighted by Crippen LogP contribution is 2.43. The molecule has 0 aliphatic rings. The van der Waals surface area contributed by atoms with E-state index in [1.807, 2.05) is 62.6 Å². The molecule has 0 spiro atoms. The lowest BCUT2D eigenvalue weighted by molar-refractivity contribution is 0.414. The molecule has 2 aromatic carbocycles. The van der Waals surface area contributed by atoms with E-state index in [4.69, 9.17) is 13.9 Å². The van der Waals surface area contributed by atoms with Crippen LogP contribution in [0, 0.1) is 11.3 Å². The van der Waals surface area contributed by atoms with Gasteiger partial charge in [-0.15, -0.1) is 0 Å². The van der Waals surface area contributed by atoms with Crippen molar-refractivity contribution in [1.82, 2.24) is 4.90 Å². The Labute approximate surface area is 164 Å². The first-order valence-corrected chi connectivity index (χ1v) is 8.63. The van der Waals surface area contributed by atoms with E-state index in [2.05, 4.69) is 11.1 Å². The summed E-state index contributed by atoms with van der Waals surface area (Å²) in [5, 5.41) is 9.83. The van der Waals surface area contributed by atoms with Gasteiger partial charge < -0.3 is 18.8 Å². The summed E-state index contributed by atoms with van der Waals surface area (Å²) in [5.41, 5.74) is 2.75. The second kappa shape index (κ2) is 8.31. The molecule has 0 saturated heterocycles. The third-order valence-electron chi connectivity index (χ3n) is 4.14. The van der Waals surface area contributed by atoms with Gasteiger partial charge in [0.2, 0.25) is 5.88 Å². The molecule has 0 unspecified atom stereocenters. The molecule has 1 heterocycles. The number of hydrogen-bond donors (Lipinski definition) is 0. The number of methoxy groups -OCH3 is 2. The first kappa shape index (κ1) is 19.1. The number of furan rings is 1. The Balaban J connectivity index is 2.21. The molecule has 28 heavy (non-hydrogen) atoms. The van der Waals surface area contributed by atoms with Crippen molar-refractivity contribution in [3.8, 4) is 40.0 Å². The molecule has 6 nitrogen and oxygen atoms in total. The fraction of sp³-hybridized carbons (Fsp3) is 0.182. The standard InChI is InChI=1S/C22H21N3O3/c1-25(2)14-24-22-19(13-23)20(15-5-9-17(26-3)10-6-15)21(28-22)16-7-11-18(27-4)12-8-16/h5-12,14H,1-4H3/b24-14+. The van der Waals surface area contributed by atoms with Crippen molar-refractivity contribution in [2.24, 2.45) is 4.99 Å². The molecule has 0 saturated carbocycles. The van der Waals surface area contributed by atoms with Crippen LogP contribution in [0.3, 0.4) is 0 Å². The molecule has 3 aromatic rings. The summed E-state index contributed by atoms with van der Waals surface area (Å²) in [5.74, 6) is 2.33. The summed E-state index contributed by atoms with van der Waals surface area (Å²) in [6, 6.07) is 17.2. The Morgan fingerprint density at radius 2 is 1.46 bits per heavy atom. The normalized spacial score (nSPS) is 10.7. The van der Waals surface area contributed by atoms with E-state index < -0.39 is 0 Å². The highest BCUT2D eigenvalue weighted by Gasteiger charge is 2.23. The summed E-state index contributed by atoms with van der Waals surface area (Å²) in [4.78, 5) is 6.12. The van der Waals surface area contributed by atoms with Crippen LogP contribution in [0.15, 0.2) is 57.9 Å². The number of benzene rings is 2. The van der Waals surface area contributed by atoms with Gasteiger partial charge in [0.1, 0.15) is 28.9 Å². The molecule has 0 bridgehead atoms. The van der Waals surface area contributed by atoms with Crippen LogP contribution in [0.1, 0.15) is 5.56 Å². The molecular formula is C22H21N3O3. The van der Waals surface area contributed by atoms with Gasteiger partial charge in [-0.05, 0) is 42.0 Å². The van der Waals surface area contributed by atoms with Gasteiger partial charge in [-0.3, -0.25) is 0 Å². The zero-order valence-corrected chi connectivity index (χ0v) is 16.3. The summed E-state index contributed by atoms with van der Waals surface area (Å²) >= 11 is 0. The molecule has 0 amide bonds. The Hall–Kier alpha value is -3.72. The zero-order valence-electron chi connectivity index (χ0n) is 16.3. The van der Waals surface area contributed by atoms with Crippen molar-refractivity contribution in [1.29, 1.82) is 5.26 Å². The van der Waals surface area contributed by atoms with Crippen LogP contribution < -0.4 is 9.47 Å². The Morgan fingerprint density at radius 1 is 0.929 bits per heavy atom. The third kappa shape index (κ3) is 3.84. The Morgan fingerprint density at radius 3 is 1.93 bits per heavy atom. The van der Waals surface area contributed by atoms with E-state index in [0.29, 0.717) is 16.9 Å². The van der Waals surface area contributed by atoms with E-state index in [1.54, 1.807) is 25.5 Å². The molecule has 0 atom stereocenters. The fourth-order valence-electron chi connectivity index (χ4n) is 2.76. The van der Waals surface area contributed by atoms with Gasteiger partial charge in [0.25, 0.3) is 0 Å². The van der Waals surface area contributed by atoms with Crippen LogP contribution >= 0.6 is 0 Å². The van der Waals surface area contributed by atoms with E-state index >= 15 is 0 Å². The number of nitrogens with zero attached hydrogens (tertiary/aromatic N) is 3. The van der Waals surface area contributed by atoms with Gasteiger partial charge in [-0.1, -0.05) is 12.1 Å². The first-order chi connectivity index (χ1) is 13.6. The van der Waals surface area contributed by atoms with Crippen LogP contribution in [0.25, 0.3) is 22.5 Å². The molecule has 0 N–H and O–H groups in total. The largest absolute Gasteiger partial charge is 0.497 e. The average molecular weight is 375 g/mol. The van der Waals surface area contributed by atoms with E-state index in [1.165, 1.54) is 0 Å². The maximum absolute atomic E-state index is 9.83. The molecule has 3 rings (SSSR count). The summed E-state index contributed by atoms with van der Waals surface area (Å²) in [6.45, 7) is 0. The number of ether oxygens (including phenoxy) is 2. The van der Waals surface area contributed by atoms with Gasteiger partial charge in [0, 0.05) is 25.2 Å². The van der Waals surface area contributed by atoms with Crippen LogP contribution in [-0.4, -0.2) is 39.6 Å². The van der Waals surface area contributed by atoms with Crippen molar-refractivity contribution in [2.75, 3.05) is 28.3 Å². The number of aliphatic imine (C=N–C) groups is 1. The molecule has 1 aromatic heterocycles. The van der Waals surface area contributed by atoms with Crippen LogP contribution in [0.2, 0.25) is 0 Å². The summed E-state index contributed by atoms with van der Waals surface area (Å²) < 4.78 is 16.5. The average Bonchev–Trinajstić information content (AvgIpc) is 3.10. The zero-order chi connectivity index (χ0) is 20.1. The molecule has 0 fully saturated rings. The van der Waals surface area contributed by atoms with Gasteiger partial charge in [0.15, 0.2) is 0 Å². The molecule has 142 valence electrons. The number of nitriles is 1. The molecule has 0 aliphatic heterocycles. The second-order valence-corrected chi connectivity index (χ2v) is 6.26. The topological polar surface area (TPSA) is 71.0 Å². The Kier molecular flexibility index (Phi) is 5.66. The SMILES string of the molecule is COc1ccc(-c2oc(/N=C/N(C)C)c(C#N)c2-c2ccc(OC)cc2)cc1. The van der Waals surface area contributed by atoms with Crippen LogP contribution in [0.5, 0.6) is 11.5 Å². The van der Waals surface area contributed by atoms with Gasteiger partial charge in [-0.25, -0.2) is 4.99 Å². The molecule has 0 aliphatic carbocycles. The Bertz CT molecular complexity index is 1010. The third-order valence-corrected chi connectivity index (χ3v) is 4.14. The van der Waals surface area contributed by atoms with Gasteiger partial charge in [0.05, 0.1) is 20.6 Å². The van der Waals surface area contributed by atoms with Crippen molar-refractivity contribution >= 4 is 12.2 Å². The molecule has 0 radical (unpaired) electrons. The predicted molar refractivity (Wildman–Crippen MR) is 109 cm³/mol. The summed E-state index contributed by atoms with van der Waals surface area (Å²) in [7, 11) is 6.94. The smallest absolute Gasteiger partial charge is 0.239 e. The lowest BCUT2D eigenvalue weighted by Gasteiger charge is -2.06. The van der Waals surface area contributed by atoms with Crippen molar-refractivity contribution in [3.05, 3.63) is 54.1 Å². The number of rotatable bonds is 6. The van der Waals surface area contributed by atoms with Crippen molar-refractivity contribution in [2.45, 2.75) is 0 Å². The molecule has 6 heteroatoms. The van der Waals surface area contributed by atoms with E-state index in [-0.39, 0.29) is 5.88 Å².